The molecule has 0 unspecified atom stereocenters. The standard InChI is InChI=1S/C24H27ClF4N2O2/c1-2-30-21-15-17(26)6-7-18(21)22(32)4-3-11-31-12-9-23(33,10-13-31)16-5-8-20(25)19(14-16)24(27,28)29/h5-8,14-15,30,33H,2-4,9-13H2,1H3. The average Bonchev–Trinajstić information content (AvgIpc) is 2.75. The number of nitrogens with zero attached hydrogens (tertiary/aromatic N) is 1. The van der Waals surface area contributed by atoms with Crippen LogP contribution in [0.1, 0.15) is 54.1 Å². The van der Waals surface area contributed by atoms with Crippen LogP contribution in [0.2, 0.25) is 5.02 Å². The van der Waals surface area contributed by atoms with Crippen LogP contribution in [0, 0.1) is 5.82 Å². The van der Waals surface area contributed by atoms with Crippen LogP contribution in [0.3, 0.4) is 0 Å². The highest BCUT2D eigenvalue weighted by atomic mass is 35.5. The summed E-state index contributed by atoms with van der Waals surface area (Å²) in [4.78, 5) is 14.7. The number of Topliss-reactive ketones (excluding diaryl/α,β-unsaturated/α-hetero) is 1. The van der Waals surface area contributed by atoms with Crippen LogP contribution in [-0.4, -0.2) is 42.0 Å². The zero-order chi connectivity index (χ0) is 24.2. The topological polar surface area (TPSA) is 52.6 Å². The Labute approximate surface area is 195 Å². The zero-order valence-corrected chi connectivity index (χ0v) is 19.1. The minimum absolute atomic E-state index is 0.0830. The number of aliphatic hydroxyl groups is 1. The number of carbonyl (C=O) groups is 1. The summed E-state index contributed by atoms with van der Waals surface area (Å²) in [6.45, 7) is 4.04. The molecular weight excluding hydrogens is 460 g/mol. The fourth-order valence-corrected chi connectivity index (χ4v) is 4.39. The molecule has 9 heteroatoms. The summed E-state index contributed by atoms with van der Waals surface area (Å²) in [6, 6.07) is 7.60. The van der Waals surface area contributed by atoms with Gasteiger partial charge < -0.3 is 15.3 Å². The van der Waals surface area contributed by atoms with Gasteiger partial charge in [-0.3, -0.25) is 4.79 Å². The molecule has 4 nitrogen and oxygen atoms in total. The second-order valence-electron chi connectivity index (χ2n) is 8.31. The van der Waals surface area contributed by atoms with Crippen molar-refractivity contribution in [3.05, 3.63) is 63.9 Å². The third kappa shape index (κ3) is 6.25. The molecule has 180 valence electrons. The fourth-order valence-electron chi connectivity index (χ4n) is 4.16. The molecule has 0 spiro atoms. The lowest BCUT2D eigenvalue weighted by Crippen LogP contribution is -2.43. The molecule has 0 aromatic heterocycles. The molecular formula is C24H27ClF4N2O2. The molecule has 1 aliphatic rings. The van der Waals surface area contributed by atoms with E-state index in [9.17, 15) is 27.5 Å². The van der Waals surface area contributed by atoms with Crippen molar-refractivity contribution < 1.29 is 27.5 Å². The largest absolute Gasteiger partial charge is 0.417 e. The van der Waals surface area contributed by atoms with Crippen LogP contribution in [0.4, 0.5) is 23.2 Å². The number of likely N-dealkylation sites (tertiary alicyclic amines) is 1. The highest BCUT2D eigenvalue weighted by Gasteiger charge is 2.38. The second kappa shape index (κ2) is 10.4. The van der Waals surface area contributed by atoms with Crippen molar-refractivity contribution >= 4 is 23.1 Å². The lowest BCUT2D eigenvalue weighted by atomic mass is 9.83. The third-order valence-corrected chi connectivity index (χ3v) is 6.35. The summed E-state index contributed by atoms with van der Waals surface area (Å²) < 4.78 is 53.0. The Hall–Kier alpha value is -2.16. The van der Waals surface area contributed by atoms with Crippen LogP contribution in [0.5, 0.6) is 0 Å². The number of rotatable bonds is 8. The molecule has 2 aromatic rings. The number of halogens is 5. The first-order valence-corrected chi connectivity index (χ1v) is 11.3. The molecule has 2 N–H and O–H groups in total. The first-order valence-electron chi connectivity index (χ1n) is 10.9. The van der Waals surface area contributed by atoms with E-state index in [1.807, 2.05) is 6.92 Å². The maximum absolute atomic E-state index is 13.5. The second-order valence-corrected chi connectivity index (χ2v) is 8.72. The summed E-state index contributed by atoms with van der Waals surface area (Å²) in [5.41, 5.74) is -1.16. The Morgan fingerprint density at radius 2 is 1.88 bits per heavy atom. The van der Waals surface area contributed by atoms with E-state index in [2.05, 4.69) is 10.2 Å². The monoisotopic (exact) mass is 486 g/mol. The number of carbonyl (C=O) groups excluding carboxylic acids is 1. The zero-order valence-electron chi connectivity index (χ0n) is 18.3. The Kier molecular flexibility index (Phi) is 8.03. The summed E-state index contributed by atoms with van der Waals surface area (Å²) in [7, 11) is 0. The van der Waals surface area contributed by atoms with Gasteiger partial charge in [0, 0.05) is 37.3 Å². The number of piperidine rings is 1. The molecule has 1 heterocycles. The highest BCUT2D eigenvalue weighted by molar-refractivity contribution is 6.31. The average molecular weight is 487 g/mol. The maximum Gasteiger partial charge on any atom is 0.417 e. The number of benzene rings is 2. The quantitative estimate of drug-likeness (QED) is 0.361. The fraction of sp³-hybridized carbons (Fsp3) is 0.458. The number of alkyl halides is 3. The van der Waals surface area contributed by atoms with Crippen LogP contribution in [0.25, 0.3) is 0 Å². The van der Waals surface area contributed by atoms with Crippen molar-refractivity contribution in [3.8, 4) is 0 Å². The Balaban J connectivity index is 1.55. The molecule has 0 radical (unpaired) electrons. The summed E-state index contributed by atoms with van der Waals surface area (Å²) in [5, 5.41) is 13.6. The molecule has 2 aromatic carbocycles. The maximum atomic E-state index is 13.5. The van der Waals surface area contributed by atoms with E-state index in [0.717, 1.165) is 6.07 Å². The van der Waals surface area contributed by atoms with E-state index in [1.54, 1.807) is 0 Å². The van der Waals surface area contributed by atoms with E-state index in [-0.39, 0.29) is 30.6 Å². The lowest BCUT2D eigenvalue weighted by molar-refractivity contribution is -0.137. The van der Waals surface area contributed by atoms with Crippen LogP contribution in [-0.2, 0) is 11.8 Å². The molecule has 1 fully saturated rings. The first-order chi connectivity index (χ1) is 15.5. The molecule has 0 amide bonds. The van der Waals surface area contributed by atoms with Gasteiger partial charge in [-0.25, -0.2) is 4.39 Å². The van der Waals surface area contributed by atoms with Crippen molar-refractivity contribution in [1.82, 2.24) is 4.90 Å². The normalized spacial score (nSPS) is 16.6. The number of anilines is 1. The van der Waals surface area contributed by atoms with Crippen molar-refractivity contribution in [3.63, 3.8) is 0 Å². The summed E-state index contributed by atoms with van der Waals surface area (Å²) in [5.74, 6) is -0.494. The molecule has 0 saturated carbocycles. The predicted molar refractivity (Wildman–Crippen MR) is 120 cm³/mol. The molecule has 0 bridgehead atoms. The van der Waals surface area contributed by atoms with E-state index in [4.69, 9.17) is 11.6 Å². The van der Waals surface area contributed by atoms with Gasteiger partial charge in [0.1, 0.15) is 5.82 Å². The van der Waals surface area contributed by atoms with E-state index in [1.165, 1.54) is 30.3 Å². The molecule has 0 atom stereocenters. The van der Waals surface area contributed by atoms with Crippen molar-refractivity contribution in [1.29, 1.82) is 0 Å². The van der Waals surface area contributed by atoms with Gasteiger partial charge in [-0.15, -0.1) is 0 Å². The molecule has 33 heavy (non-hydrogen) atoms. The van der Waals surface area contributed by atoms with Crippen molar-refractivity contribution in [2.75, 3.05) is 31.5 Å². The highest BCUT2D eigenvalue weighted by Crippen LogP contribution is 2.40. The smallest absolute Gasteiger partial charge is 0.385 e. The van der Waals surface area contributed by atoms with Gasteiger partial charge >= 0.3 is 6.18 Å². The molecule has 0 aliphatic carbocycles. The van der Waals surface area contributed by atoms with Gasteiger partial charge in [-0.1, -0.05) is 17.7 Å². The number of hydrogen-bond donors (Lipinski definition) is 2. The van der Waals surface area contributed by atoms with E-state index < -0.39 is 28.2 Å². The molecule has 3 rings (SSSR count). The Morgan fingerprint density at radius 3 is 2.52 bits per heavy atom. The summed E-state index contributed by atoms with van der Waals surface area (Å²) >= 11 is 5.69. The van der Waals surface area contributed by atoms with E-state index in [0.29, 0.717) is 43.9 Å². The Morgan fingerprint density at radius 1 is 1.18 bits per heavy atom. The SMILES string of the molecule is CCNc1cc(F)ccc1C(=O)CCCN1CCC(O)(c2ccc(Cl)c(C(F)(F)F)c2)CC1. The van der Waals surface area contributed by atoms with Crippen LogP contribution < -0.4 is 5.32 Å². The van der Waals surface area contributed by atoms with Gasteiger partial charge in [0.05, 0.1) is 16.2 Å². The van der Waals surface area contributed by atoms with Gasteiger partial charge in [-0.05, 0) is 68.6 Å². The van der Waals surface area contributed by atoms with Crippen molar-refractivity contribution in [2.24, 2.45) is 0 Å². The van der Waals surface area contributed by atoms with Gasteiger partial charge in [-0.2, -0.15) is 13.2 Å². The number of ketones is 1. The Bertz CT molecular complexity index is 989. The number of hydrogen-bond acceptors (Lipinski definition) is 4. The summed E-state index contributed by atoms with van der Waals surface area (Å²) in [6.07, 6.45) is -3.16. The van der Waals surface area contributed by atoms with Crippen LogP contribution >= 0.6 is 11.6 Å². The van der Waals surface area contributed by atoms with Crippen LogP contribution in [0.15, 0.2) is 36.4 Å². The van der Waals surface area contributed by atoms with Gasteiger partial charge in [0.15, 0.2) is 5.78 Å². The minimum atomic E-state index is -4.59. The lowest BCUT2D eigenvalue weighted by Gasteiger charge is -2.38. The number of nitrogens with one attached hydrogen (secondary N) is 1. The minimum Gasteiger partial charge on any atom is -0.385 e. The molecule has 1 saturated heterocycles. The first kappa shape index (κ1) is 25.5. The van der Waals surface area contributed by atoms with Gasteiger partial charge in [0.25, 0.3) is 0 Å². The molecule has 1 aliphatic heterocycles. The van der Waals surface area contributed by atoms with Crippen molar-refractivity contribution in [2.45, 2.75) is 44.4 Å². The van der Waals surface area contributed by atoms with E-state index >= 15 is 0 Å². The van der Waals surface area contributed by atoms with Gasteiger partial charge in [0.2, 0.25) is 0 Å². The third-order valence-electron chi connectivity index (χ3n) is 6.02. The predicted octanol–water partition coefficient (Wildman–Crippen LogP) is 5.88.